The van der Waals surface area contributed by atoms with Crippen LogP contribution in [-0.4, -0.2) is 26.7 Å². The van der Waals surface area contributed by atoms with Crippen LogP contribution in [0.2, 0.25) is 0 Å². The van der Waals surface area contributed by atoms with Crippen molar-refractivity contribution >= 4 is 11.0 Å². The molecule has 5 heteroatoms. The number of hydrogen-bond donors (Lipinski definition) is 2. The van der Waals surface area contributed by atoms with Gasteiger partial charge in [0.2, 0.25) is 0 Å². The third kappa shape index (κ3) is 2.97. The zero-order valence-electron chi connectivity index (χ0n) is 14.7. The zero-order chi connectivity index (χ0) is 18.0. The second-order valence-electron chi connectivity index (χ2n) is 6.87. The van der Waals surface area contributed by atoms with Crippen molar-refractivity contribution in [2.45, 2.75) is 18.8 Å². The summed E-state index contributed by atoms with van der Waals surface area (Å²) in [4.78, 5) is 8.56. The van der Waals surface area contributed by atoms with Crippen LogP contribution in [0.4, 0.5) is 0 Å². The summed E-state index contributed by atoms with van der Waals surface area (Å²) in [6.07, 6.45) is 8.18. The van der Waals surface area contributed by atoms with E-state index < -0.39 is 0 Å². The predicted molar refractivity (Wildman–Crippen MR) is 104 cm³/mol. The molecule has 3 aromatic heterocycles. The third-order valence-corrected chi connectivity index (χ3v) is 4.99. The maximum absolute atomic E-state index is 6.20. The van der Waals surface area contributed by atoms with Gasteiger partial charge in [0.05, 0.1) is 6.20 Å². The smallest absolute Gasteiger partial charge is 0.155 e. The second-order valence-corrected chi connectivity index (χ2v) is 6.87. The Balaban J connectivity index is 1.76. The lowest BCUT2D eigenvalue weighted by Crippen LogP contribution is -2.34. The lowest BCUT2D eigenvalue weighted by Gasteiger charge is -2.29. The van der Waals surface area contributed by atoms with Crippen LogP contribution < -0.4 is 5.73 Å². The van der Waals surface area contributed by atoms with E-state index in [1.807, 2.05) is 24.5 Å². The minimum atomic E-state index is -0.165. The number of fused-ring (bicyclic) bond motifs is 1. The van der Waals surface area contributed by atoms with Gasteiger partial charge in [-0.15, -0.1) is 0 Å². The van der Waals surface area contributed by atoms with E-state index in [9.17, 15) is 0 Å². The van der Waals surface area contributed by atoms with Crippen LogP contribution in [0, 0.1) is 0 Å². The molecule has 3 N–H and O–H groups in total. The number of nitrogens with one attached hydrogen (secondary N) is 1. The maximum Gasteiger partial charge on any atom is 0.155 e. The molecule has 1 atom stereocenters. The van der Waals surface area contributed by atoms with Gasteiger partial charge in [0.25, 0.3) is 0 Å². The summed E-state index contributed by atoms with van der Waals surface area (Å²) >= 11 is 0. The fraction of sp³-hybridized carbons (Fsp3) is 0.190. The highest BCUT2D eigenvalue weighted by Crippen LogP contribution is 2.32. The Hall–Kier alpha value is -3.05. The van der Waals surface area contributed by atoms with Crippen LogP contribution in [0.3, 0.4) is 0 Å². The molecule has 0 fully saturated rings. The van der Waals surface area contributed by atoms with Crippen LogP contribution in [0.5, 0.6) is 0 Å². The van der Waals surface area contributed by atoms with Crippen molar-refractivity contribution in [2.75, 3.05) is 6.54 Å². The molecule has 1 unspecified atom stereocenters. The molecule has 3 heterocycles. The number of rotatable bonds is 5. The fourth-order valence-corrected chi connectivity index (χ4v) is 3.41. The highest BCUT2D eigenvalue weighted by Gasteiger charge is 2.26. The summed E-state index contributed by atoms with van der Waals surface area (Å²) < 4.78 is 0. The molecule has 0 radical (unpaired) electrons. The van der Waals surface area contributed by atoms with Crippen molar-refractivity contribution in [3.8, 4) is 11.1 Å². The average Bonchev–Trinajstić information content (AvgIpc) is 3.17. The highest BCUT2D eigenvalue weighted by atomic mass is 15.1. The minimum absolute atomic E-state index is 0.165. The highest BCUT2D eigenvalue weighted by molar-refractivity contribution is 5.92. The van der Waals surface area contributed by atoms with Gasteiger partial charge in [-0.3, -0.25) is 10.1 Å². The van der Waals surface area contributed by atoms with E-state index in [0.29, 0.717) is 6.54 Å². The largest absolute Gasteiger partial charge is 0.330 e. The summed E-state index contributed by atoms with van der Waals surface area (Å²) in [5.74, 6) is 0. The van der Waals surface area contributed by atoms with Crippen molar-refractivity contribution in [1.29, 1.82) is 0 Å². The van der Waals surface area contributed by atoms with Crippen LogP contribution in [-0.2, 0) is 11.8 Å². The molecule has 0 aliphatic heterocycles. The molecule has 0 amide bonds. The molecule has 0 spiro atoms. The first-order valence-corrected chi connectivity index (χ1v) is 8.67. The van der Waals surface area contributed by atoms with Gasteiger partial charge in [0, 0.05) is 35.9 Å². The van der Waals surface area contributed by atoms with Crippen molar-refractivity contribution in [1.82, 2.24) is 20.2 Å². The number of H-pyrrole nitrogens is 1. The Morgan fingerprint density at radius 3 is 2.81 bits per heavy atom. The molecule has 0 aliphatic rings. The van der Waals surface area contributed by atoms with Crippen LogP contribution >= 0.6 is 0 Å². The standard InChI is InChI=1S/C21H21N5/c1-21(14-22,11-15-4-3-8-23-12-15)17-6-2-5-16(10-17)18-7-9-24-20-19(18)13-25-26-20/h2-10,12-13H,11,14,22H2,1H3,(H,24,25,26). The van der Waals surface area contributed by atoms with Gasteiger partial charge in [0.15, 0.2) is 5.65 Å². The fourth-order valence-electron chi connectivity index (χ4n) is 3.41. The summed E-state index contributed by atoms with van der Waals surface area (Å²) in [5, 5.41) is 8.07. The summed E-state index contributed by atoms with van der Waals surface area (Å²) in [6.45, 7) is 2.77. The topological polar surface area (TPSA) is 80.5 Å². The second kappa shape index (κ2) is 6.69. The maximum atomic E-state index is 6.20. The van der Waals surface area contributed by atoms with Crippen molar-refractivity contribution in [2.24, 2.45) is 5.73 Å². The van der Waals surface area contributed by atoms with Gasteiger partial charge in [-0.1, -0.05) is 37.3 Å². The van der Waals surface area contributed by atoms with E-state index in [-0.39, 0.29) is 5.41 Å². The van der Waals surface area contributed by atoms with Crippen molar-refractivity contribution < 1.29 is 0 Å². The SMILES string of the molecule is CC(CN)(Cc1cccnc1)c1cccc(-c2ccnc3[nH]ncc23)c1. The Morgan fingerprint density at radius 2 is 2.00 bits per heavy atom. The first kappa shape index (κ1) is 16.4. The van der Waals surface area contributed by atoms with E-state index in [1.54, 1.807) is 12.4 Å². The normalized spacial score (nSPS) is 13.6. The predicted octanol–water partition coefficient (Wildman–Crippen LogP) is 3.48. The van der Waals surface area contributed by atoms with Gasteiger partial charge in [0.1, 0.15) is 0 Å². The lowest BCUT2D eigenvalue weighted by molar-refractivity contribution is 0.480. The number of pyridine rings is 2. The number of aromatic nitrogens is 4. The molecule has 0 saturated carbocycles. The molecular weight excluding hydrogens is 322 g/mol. The number of benzene rings is 1. The van der Waals surface area contributed by atoms with E-state index in [4.69, 9.17) is 5.73 Å². The first-order valence-electron chi connectivity index (χ1n) is 8.67. The zero-order valence-corrected chi connectivity index (χ0v) is 14.7. The van der Waals surface area contributed by atoms with Crippen molar-refractivity contribution in [3.63, 3.8) is 0 Å². The number of nitrogens with zero attached hydrogens (tertiary/aromatic N) is 3. The molecule has 4 aromatic rings. The molecule has 5 nitrogen and oxygen atoms in total. The summed E-state index contributed by atoms with van der Waals surface area (Å²) in [7, 11) is 0. The third-order valence-electron chi connectivity index (χ3n) is 4.99. The Bertz CT molecular complexity index is 1020. The van der Waals surface area contributed by atoms with Crippen LogP contribution in [0.25, 0.3) is 22.2 Å². The molecular formula is C21H21N5. The van der Waals surface area contributed by atoms with E-state index in [0.717, 1.165) is 28.6 Å². The lowest BCUT2D eigenvalue weighted by atomic mass is 9.77. The number of aromatic amines is 1. The van der Waals surface area contributed by atoms with Crippen LogP contribution in [0.1, 0.15) is 18.1 Å². The molecule has 1 aromatic carbocycles. The van der Waals surface area contributed by atoms with E-state index in [1.165, 1.54) is 11.1 Å². The summed E-state index contributed by atoms with van der Waals surface area (Å²) in [6, 6.07) is 14.7. The van der Waals surface area contributed by atoms with Crippen molar-refractivity contribution in [3.05, 3.63) is 78.4 Å². The molecule has 4 rings (SSSR count). The molecule has 26 heavy (non-hydrogen) atoms. The van der Waals surface area contributed by atoms with E-state index in [2.05, 4.69) is 57.4 Å². The molecule has 130 valence electrons. The number of nitrogens with two attached hydrogens (primary N) is 1. The van der Waals surface area contributed by atoms with Crippen LogP contribution in [0.15, 0.2) is 67.3 Å². The van der Waals surface area contributed by atoms with Gasteiger partial charge in [-0.25, -0.2) is 4.98 Å². The monoisotopic (exact) mass is 343 g/mol. The van der Waals surface area contributed by atoms with Gasteiger partial charge in [-0.2, -0.15) is 5.10 Å². The molecule has 0 saturated heterocycles. The van der Waals surface area contributed by atoms with Gasteiger partial charge >= 0.3 is 0 Å². The Morgan fingerprint density at radius 1 is 1.08 bits per heavy atom. The van der Waals surface area contributed by atoms with E-state index >= 15 is 0 Å². The number of hydrogen-bond acceptors (Lipinski definition) is 4. The quantitative estimate of drug-likeness (QED) is 0.581. The Kier molecular flexibility index (Phi) is 4.22. The van der Waals surface area contributed by atoms with Gasteiger partial charge in [-0.05, 0) is 40.8 Å². The first-order chi connectivity index (χ1) is 12.7. The minimum Gasteiger partial charge on any atom is -0.330 e. The molecule has 0 bridgehead atoms. The van der Waals surface area contributed by atoms with Gasteiger partial charge < -0.3 is 5.73 Å². The summed E-state index contributed by atoms with van der Waals surface area (Å²) in [5.41, 5.74) is 11.5. The molecule has 0 aliphatic carbocycles. The Labute approximate surface area is 152 Å². The average molecular weight is 343 g/mol.